The van der Waals surface area contributed by atoms with E-state index in [0.717, 1.165) is 25.2 Å². The minimum Gasteiger partial charge on any atom is -0.370 e. The first-order valence-corrected chi connectivity index (χ1v) is 6.48. The zero-order chi connectivity index (χ0) is 14.1. The summed E-state index contributed by atoms with van der Waals surface area (Å²) >= 11 is 0. The van der Waals surface area contributed by atoms with Crippen molar-refractivity contribution in [2.45, 2.75) is 13.5 Å². The Morgan fingerprint density at radius 3 is 2.60 bits per heavy atom. The van der Waals surface area contributed by atoms with Crippen molar-refractivity contribution in [2.75, 3.05) is 26.7 Å². The van der Waals surface area contributed by atoms with E-state index in [1.165, 1.54) is 5.56 Å². The summed E-state index contributed by atoms with van der Waals surface area (Å²) in [5.41, 5.74) is 8.06. The van der Waals surface area contributed by atoms with Crippen molar-refractivity contribution in [3.63, 3.8) is 0 Å². The quantitative estimate of drug-likeness (QED) is 0.326. The summed E-state index contributed by atoms with van der Waals surface area (Å²) in [6.45, 7) is 8.94. The van der Waals surface area contributed by atoms with Gasteiger partial charge in [0.15, 0.2) is 5.96 Å². The number of likely N-dealkylation sites (N-methyl/N-ethyl adjacent to an activating group) is 1. The number of guanidine groups is 1. The molecule has 0 aromatic heterocycles. The Bertz CT molecular complexity index is 417. The van der Waals surface area contributed by atoms with Gasteiger partial charge in [-0.1, -0.05) is 42.5 Å². The van der Waals surface area contributed by atoms with Gasteiger partial charge in [-0.25, -0.2) is 4.99 Å². The molecule has 1 aromatic carbocycles. The lowest BCUT2D eigenvalue weighted by Crippen LogP contribution is -2.37. The molecule has 4 nitrogen and oxygen atoms in total. The minimum atomic E-state index is 0. The average Bonchev–Trinajstić information content (AvgIpc) is 2.37. The molecule has 0 saturated heterocycles. The summed E-state index contributed by atoms with van der Waals surface area (Å²) in [4.78, 5) is 6.41. The molecule has 0 aliphatic carbocycles. The number of aliphatic imine (C=N–C) groups is 1. The van der Waals surface area contributed by atoms with Gasteiger partial charge in [-0.3, -0.25) is 0 Å². The van der Waals surface area contributed by atoms with Gasteiger partial charge in [0.2, 0.25) is 0 Å². The molecule has 0 aliphatic rings. The predicted octanol–water partition coefficient (Wildman–Crippen LogP) is 2.22. The van der Waals surface area contributed by atoms with Crippen LogP contribution < -0.4 is 11.1 Å². The monoisotopic (exact) mass is 388 g/mol. The Balaban J connectivity index is 0.00000361. The molecule has 1 aromatic rings. The van der Waals surface area contributed by atoms with Gasteiger partial charge in [-0.15, -0.1) is 24.0 Å². The maximum absolute atomic E-state index is 5.74. The molecule has 0 unspecified atom stereocenters. The summed E-state index contributed by atoms with van der Waals surface area (Å²) < 4.78 is 0. The molecule has 0 heterocycles. The van der Waals surface area contributed by atoms with Crippen LogP contribution in [0.15, 0.2) is 47.5 Å². The van der Waals surface area contributed by atoms with E-state index in [4.69, 9.17) is 5.73 Å². The first-order chi connectivity index (χ1) is 9.08. The van der Waals surface area contributed by atoms with Crippen LogP contribution in [0.5, 0.6) is 0 Å². The van der Waals surface area contributed by atoms with Crippen molar-refractivity contribution in [2.24, 2.45) is 10.7 Å². The molecular weight excluding hydrogens is 363 g/mol. The van der Waals surface area contributed by atoms with E-state index in [1.54, 1.807) is 0 Å². The van der Waals surface area contributed by atoms with Crippen molar-refractivity contribution in [1.82, 2.24) is 10.2 Å². The molecule has 0 spiro atoms. The van der Waals surface area contributed by atoms with E-state index >= 15 is 0 Å². The third-order valence-electron chi connectivity index (χ3n) is 2.61. The second-order valence-corrected chi connectivity index (χ2v) is 4.81. The van der Waals surface area contributed by atoms with E-state index in [2.05, 4.69) is 53.1 Å². The number of hydrogen-bond acceptors (Lipinski definition) is 2. The molecule has 0 radical (unpaired) electrons. The first kappa shape index (κ1) is 18.9. The highest BCUT2D eigenvalue weighted by Crippen LogP contribution is 2.01. The van der Waals surface area contributed by atoms with Crippen LogP contribution in [-0.4, -0.2) is 37.5 Å². The molecule has 1 rings (SSSR count). The van der Waals surface area contributed by atoms with E-state index in [1.807, 2.05) is 13.0 Å². The Hall–Kier alpha value is -1.08. The lowest BCUT2D eigenvalue weighted by Gasteiger charge is -2.17. The topological polar surface area (TPSA) is 53.6 Å². The highest BCUT2D eigenvalue weighted by Gasteiger charge is 1.99. The van der Waals surface area contributed by atoms with Crippen molar-refractivity contribution in [3.05, 3.63) is 48.0 Å². The summed E-state index contributed by atoms with van der Waals surface area (Å²) in [6, 6.07) is 10.4. The Morgan fingerprint density at radius 2 is 2.00 bits per heavy atom. The Kier molecular flexibility index (Phi) is 10.1. The van der Waals surface area contributed by atoms with Crippen LogP contribution in [0.3, 0.4) is 0 Å². The Morgan fingerprint density at radius 1 is 1.35 bits per heavy atom. The molecule has 0 amide bonds. The van der Waals surface area contributed by atoms with Gasteiger partial charge in [-0.2, -0.15) is 0 Å². The maximum Gasteiger partial charge on any atom is 0.188 e. The summed E-state index contributed by atoms with van der Waals surface area (Å²) in [5, 5.41) is 3.10. The summed E-state index contributed by atoms with van der Waals surface area (Å²) in [7, 11) is 2.09. The van der Waals surface area contributed by atoms with E-state index in [9.17, 15) is 0 Å². The summed E-state index contributed by atoms with van der Waals surface area (Å²) in [5.74, 6) is 0.483. The van der Waals surface area contributed by atoms with E-state index in [-0.39, 0.29) is 24.0 Å². The lowest BCUT2D eigenvalue weighted by atomic mass is 10.2. The van der Waals surface area contributed by atoms with Gasteiger partial charge < -0.3 is 16.0 Å². The van der Waals surface area contributed by atoms with Crippen molar-refractivity contribution in [1.29, 1.82) is 0 Å². The van der Waals surface area contributed by atoms with Gasteiger partial charge in [0.05, 0.1) is 6.54 Å². The molecule has 0 saturated carbocycles. The van der Waals surface area contributed by atoms with Gasteiger partial charge in [0.25, 0.3) is 0 Å². The molecule has 0 bridgehead atoms. The third-order valence-corrected chi connectivity index (χ3v) is 2.61. The molecule has 0 fully saturated rings. The number of nitrogens with two attached hydrogens (primary N) is 1. The van der Waals surface area contributed by atoms with Crippen LogP contribution in [0.2, 0.25) is 0 Å². The van der Waals surface area contributed by atoms with Gasteiger partial charge in [0, 0.05) is 19.6 Å². The maximum atomic E-state index is 5.74. The van der Waals surface area contributed by atoms with Crippen molar-refractivity contribution < 1.29 is 0 Å². The van der Waals surface area contributed by atoms with Gasteiger partial charge >= 0.3 is 0 Å². The third kappa shape index (κ3) is 8.92. The van der Waals surface area contributed by atoms with Gasteiger partial charge in [0.1, 0.15) is 0 Å². The van der Waals surface area contributed by atoms with Gasteiger partial charge in [-0.05, 0) is 19.5 Å². The normalized spacial score (nSPS) is 11.1. The average molecular weight is 388 g/mol. The van der Waals surface area contributed by atoms with Crippen LogP contribution in [-0.2, 0) is 6.54 Å². The summed E-state index contributed by atoms with van der Waals surface area (Å²) in [6.07, 6.45) is 0. The smallest absolute Gasteiger partial charge is 0.188 e. The highest BCUT2D eigenvalue weighted by atomic mass is 127. The van der Waals surface area contributed by atoms with Crippen LogP contribution in [0.1, 0.15) is 12.5 Å². The second-order valence-electron chi connectivity index (χ2n) is 4.81. The minimum absolute atomic E-state index is 0. The number of rotatable bonds is 7. The number of hydrogen-bond donors (Lipinski definition) is 2. The van der Waals surface area contributed by atoms with Crippen LogP contribution in [0, 0.1) is 0 Å². The van der Waals surface area contributed by atoms with Crippen molar-refractivity contribution >= 4 is 29.9 Å². The van der Waals surface area contributed by atoms with E-state index in [0.29, 0.717) is 12.5 Å². The number of nitrogens with zero attached hydrogens (tertiary/aromatic N) is 2. The second kappa shape index (κ2) is 10.7. The SMILES string of the molecule is C=C(C)CN=C(N)NCCN(C)Cc1ccccc1.I. The molecule has 0 aliphatic heterocycles. The lowest BCUT2D eigenvalue weighted by molar-refractivity contribution is 0.331. The number of nitrogens with one attached hydrogen (secondary N) is 1. The van der Waals surface area contributed by atoms with Crippen LogP contribution in [0.4, 0.5) is 0 Å². The fourth-order valence-corrected chi connectivity index (χ4v) is 1.63. The molecule has 0 atom stereocenters. The fraction of sp³-hybridized carbons (Fsp3) is 0.400. The zero-order valence-corrected chi connectivity index (χ0v) is 14.6. The predicted molar refractivity (Wildman–Crippen MR) is 97.5 cm³/mol. The largest absolute Gasteiger partial charge is 0.370 e. The molecule has 112 valence electrons. The van der Waals surface area contributed by atoms with E-state index < -0.39 is 0 Å². The molecule has 20 heavy (non-hydrogen) atoms. The Labute approximate surface area is 139 Å². The number of halogens is 1. The first-order valence-electron chi connectivity index (χ1n) is 6.48. The standard InChI is InChI=1S/C15H24N4.HI/c1-13(2)11-18-15(16)17-9-10-19(3)12-14-7-5-4-6-8-14;/h4-8H,1,9-12H2,2-3H3,(H3,16,17,18);1H. The zero-order valence-electron chi connectivity index (χ0n) is 12.3. The van der Waals surface area contributed by atoms with Crippen molar-refractivity contribution in [3.8, 4) is 0 Å². The molecular formula is C15H25IN4. The van der Waals surface area contributed by atoms with Crippen LogP contribution >= 0.6 is 24.0 Å². The van der Waals surface area contributed by atoms with Crippen LogP contribution in [0.25, 0.3) is 0 Å². The molecule has 3 N–H and O–H groups in total. The molecule has 5 heteroatoms. The number of benzene rings is 1. The highest BCUT2D eigenvalue weighted by molar-refractivity contribution is 14.0. The fourth-order valence-electron chi connectivity index (χ4n) is 1.63.